The number of amides is 1. The van der Waals surface area contributed by atoms with Crippen molar-refractivity contribution in [1.29, 1.82) is 0 Å². The Bertz CT molecular complexity index is 403. The van der Waals surface area contributed by atoms with Crippen LogP contribution in [0.3, 0.4) is 0 Å². The van der Waals surface area contributed by atoms with Crippen molar-refractivity contribution in [3.63, 3.8) is 0 Å². The first-order valence-electron chi connectivity index (χ1n) is 5.75. The zero-order chi connectivity index (χ0) is 13.5. The molecule has 0 bridgehead atoms. The predicted molar refractivity (Wildman–Crippen MR) is 71.0 cm³/mol. The zero-order valence-electron chi connectivity index (χ0n) is 10.6. The van der Waals surface area contributed by atoms with Gasteiger partial charge in [0.05, 0.1) is 12.6 Å². The molecule has 4 nitrogen and oxygen atoms in total. The maximum Gasteiger partial charge on any atom is 0.251 e. The summed E-state index contributed by atoms with van der Waals surface area (Å²) in [6.45, 7) is 2.21. The van der Waals surface area contributed by atoms with Crippen molar-refractivity contribution in [2.75, 3.05) is 20.3 Å². The normalized spacial score (nSPS) is 12.2. The van der Waals surface area contributed by atoms with E-state index in [1.54, 1.807) is 25.3 Å². The van der Waals surface area contributed by atoms with Gasteiger partial charge < -0.3 is 15.2 Å². The van der Waals surface area contributed by atoms with Gasteiger partial charge in [-0.05, 0) is 37.1 Å². The van der Waals surface area contributed by atoms with Gasteiger partial charge in [0.1, 0.15) is 0 Å². The van der Waals surface area contributed by atoms with Crippen LogP contribution in [0.2, 0.25) is 5.02 Å². The number of methoxy groups -OCH3 is 1. The number of carbonyl (C=O) groups is 1. The Kier molecular flexibility index (Phi) is 6.12. The molecule has 0 radical (unpaired) electrons. The molecule has 1 atom stereocenters. The molecule has 0 aliphatic rings. The lowest BCUT2D eigenvalue weighted by Gasteiger charge is -2.17. The predicted octanol–water partition coefficient (Wildman–Crippen LogP) is 1.78. The fourth-order valence-corrected chi connectivity index (χ4v) is 1.93. The van der Waals surface area contributed by atoms with Crippen LogP contribution in [-0.4, -0.2) is 37.4 Å². The van der Waals surface area contributed by atoms with Crippen LogP contribution in [0.15, 0.2) is 18.2 Å². The highest BCUT2D eigenvalue weighted by molar-refractivity contribution is 6.30. The molecule has 1 amide bonds. The van der Waals surface area contributed by atoms with E-state index in [2.05, 4.69) is 5.32 Å². The number of aryl methyl sites for hydroxylation is 1. The van der Waals surface area contributed by atoms with Crippen LogP contribution in [0.4, 0.5) is 0 Å². The summed E-state index contributed by atoms with van der Waals surface area (Å²) < 4.78 is 5.00. The van der Waals surface area contributed by atoms with E-state index < -0.39 is 0 Å². The monoisotopic (exact) mass is 271 g/mol. The highest BCUT2D eigenvalue weighted by Gasteiger charge is 2.14. The van der Waals surface area contributed by atoms with Gasteiger partial charge in [0.2, 0.25) is 0 Å². The number of rotatable bonds is 6. The molecule has 2 N–H and O–H groups in total. The third-order valence-electron chi connectivity index (χ3n) is 2.61. The van der Waals surface area contributed by atoms with Crippen LogP contribution in [-0.2, 0) is 4.74 Å². The molecule has 0 saturated carbocycles. The van der Waals surface area contributed by atoms with Gasteiger partial charge in [0.15, 0.2) is 0 Å². The molecule has 18 heavy (non-hydrogen) atoms. The van der Waals surface area contributed by atoms with Crippen molar-refractivity contribution in [3.8, 4) is 0 Å². The molecule has 0 heterocycles. The molecule has 0 saturated heterocycles. The van der Waals surface area contributed by atoms with Crippen LogP contribution in [0, 0.1) is 6.92 Å². The summed E-state index contributed by atoms with van der Waals surface area (Å²) in [6, 6.07) is 4.92. The largest absolute Gasteiger partial charge is 0.396 e. The highest BCUT2D eigenvalue weighted by atomic mass is 35.5. The third kappa shape index (κ3) is 4.29. The van der Waals surface area contributed by atoms with Gasteiger partial charge in [-0.2, -0.15) is 0 Å². The Hall–Kier alpha value is -1.10. The van der Waals surface area contributed by atoms with Gasteiger partial charge in [-0.15, -0.1) is 0 Å². The van der Waals surface area contributed by atoms with E-state index >= 15 is 0 Å². The van der Waals surface area contributed by atoms with Crippen LogP contribution >= 0.6 is 11.6 Å². The Morgan fingerprint density at radius 3 is 2.83 bits per heavy atom. The number of nitrogens with one attached hydrogen (secondary N) is 1. The van der Waals surface area contributed by atoms with E-state index in [1.807, 2.05) is 6.92 Å². The van der Waals surface area contributed by atoms with E-state index in [0.29, 0.717) is 23.6 Å². The standard InChI is InChI=1S/C13H18ClNO3/c1-9-7-10(14)3-4-12(9)13(17)15-11(5-6-16)8-18-2/h3-4,7,11,16H,5-6,8H2,1-2H3,(H,15,17). The smallest absolute Gasteiger partial charge is 0.251 e. The number of hydrogen-bond donors (Lipinski definition) is 2. The fraction of sp³-hybridized carbons (Fsp3) is 0.462. The molecule has 1 unspecified atom stereocenters. The summed E-state index contributed by atoms with van der Waals surface area (Å²) in [5.41, 5.74) is 1.40. The van der Waals surface area contributed by atoms with Crippen molar-refractivity contribution in [2.45, 2.75) is 19.4 Å². The fourth-order valence-electron chi connectivity index (χ4n) is 1.70. The van der Waals surface area contributed by atoms with Crippen molar-refractivity contribution in [3.05, 3.63) is 34.3 Å². The number of aliphatic hydroxyl groups excluding tert-OH is 1. The number of ether oxygens (including phenoxy) is 1. The van der Waals surface area contributed by atoms with E-state index in [9.17, 15) is 4.79 Å². The number of aliphatic hydroxyl groups is 1. The van der Waals surface area contributed by atoms with Gasteiger partial charge in [-0.3, -0.25) is 4.79 Å². The molecule has 0 aromatic heterocycles. The van der Waals surface area contributed by atoms with E-state index in [4.69, 9.17) is 21.4 Å². The SMILES string of the molecule is COCC(CCO)NC(=O)c1ccc(Cl)cc1C. The quantitative estimate of drug-likeness (QED) is 0.829. The van der Waals surface area contributed by atoms with Crippen LogP contribution in [0.5, 0.6) is 0 Å². The molecule has 5 heteroatoms. The second kappa shape index (κ2) is 7.36. The molecule has 0 spiro atoms. The first kappa shape index (κ1) is 15.0. The van der Waals surface area contributed by atoms with Crippen molar-refractivity contribution in [1.82, 2.24) is 5.32 Å². The summed E-state index contributed by atoms with van der Waals surface area (Å²) in [5.74, 6) is -0.181. The number of halogens is 1. The molecule has 0 fully saturated rings. The van der Waals surface area contributed by atoms with Crippen molar-refractivity contribution < 1.29 is 14.6 Å². The molecule has 1 rings (SSSR count). The van der Waals surface area contributed by atoms with Gasteiger partial charge >= 0.3 is 0 Å². The van der Waals surface area contributed by atoms with Crippen LogP contribution in [0.25, 0.3) is 0 Å². The summed E-state index contributed by atoms with van der Waals surface area (Å²) in [6.07, 6.45) is 0.465. The molecular formula is C13H18ClNO3. The number of benzene rings is 1. The lowest BCUT2D eigenvalue weighted by molar-refractivity contribution is 0.0878. The second-order valence-corrected chi connectivity index (χ2v) is 4.53. The lowest BCUT2D eigenvalue weighted by atomic mass is 10.1. The summed E-state index contributed by atoms with van der Waals surface area (Å²) >= 11 is 5.84. The minimum Gasteiger partial charge on any atom is -0.396 e. The molecule has 1 aromatic carbocycles. The lowest BCUT2D eigenvalue weighted by Crippen LogP contribution is -2.38. The van der Waals surface area contributed by atoms with Crippen molar-refractivity contribution in [2.24, 2.45) is 0 Å². The van der Waals surface area contributed by atoms with E-state index in [0.717, 1.165) is 5.56 Å². The minimum atomic E-state index is -0.192. The highest BCUT2D eigenvalue weighted by Crippen LogP contribution is 2.15. The molecule has 0 aliphatic heterocycles. The van der Waals surface area contributed by atoms with E-state index in [1.165, 1.54) is 0 Å². The van der Waals surface area contributed by atoms with Gasteiger partial charge in [0, 0.05) is 24.3 Å². The summed E-state index contributed by atoms with van der Waals surface area (Å²) in [7, 11) is 1.56. The summed E-state index contributed by atoms with van der Waals surface area (Å²) in [4.78, 5) is 12.0. The third-order valence-corrected chi connectivity index (χ3v) is 2.85. The first-order chi connectivity index (χ1) is 8.58. The average Bonchev–Trinajstić information content (AvgIpc) is 2.29. The maximum absolute atomic E-state index is 12.0. The second-order valence-electron chi connectivity index (χ2n) is 4.10. The first-order valence-corrected chi connectivity index (χ1v) is 6.13. The van der Waals surface area contributed by atoms with Crippen LogP contribution in [0.1, 0.15) is 22.3 Å². The Labute approximate surface area is 112 Å². The molecule has 1 aromatic rings. The summed E-state index contributed by atoms with van der Waals surface area (Å²) in [5, 5.41) is 12.3. The van der Waals surface area contributed by atoms with Gasteiger partial charge in [-0.1, -0.05) is 11.6 Å². The van der Waals surface area contributed by atoms with Gasteiger partial charge in [0.25, 0.3) is 5.91 Å². The maximum atomic E-state index is 12.0. The molecule has 100 valence electrons. The van der Waals surface area contributed by atoms with Crippen LogP contribution < -0.4 is 5.32 Å². The van der Waals surface area contributed by atoms with E-state index in [-0.39, 0.29) is 18.6 Å². The number of hydrogen-bond acceptors (Lipinski definition) is 3. The Morgan fingerprint density at radius 1 is 1.56 bits per heavy atom. The number of carbonyl (C=O) groups excluding carboxylic acids is 1. The topological polar surface area (TPSA) is 58.6 Å². The molecular weight excluding hydrogens is 254 g/mol. The minimum absolute atomic E-state index is 0.00784. The molecule has 0 aliphatic carbocycles. The zero-order valence-corrected chi connectivity index (χ0v) is 11.3. The Morgan fingerprint density at radius 2 is 2.28 bits per heavy atom. The Balaban J connectivity index is 2.73. The van der Waals surface area contributed by atoms with Crippen molar-refractivity contribution >= 4 is 17.5 Å². The average molecular weight is 272 g/mol. The van der Waals surface area contributed by atoms with Gasteiger partial charge in [-0.25, -0.2) is 0 Å².